The molecule has 0 aliphatic heterocycles. The summed E-state index contributed by atoms with van der Waals surface area (Å²) in [6, 6.07) is 6.91. The fourth-order valence-corrected chi connectivity index (χ4v) is 1.70. The summed E-state index contributed by atoms with van der Waals surface area (Å²) < 4.78 is 18.6. The molecule has 0 fully saturated rings. The second-order valence-corrected chi connectivity index (χ2v) is 3.56. The van der Waals surface area contributed by atoms with Gasteiger partial charge in [-0.25, -0.2) is 9.18 Å². The summed E-state index contributed by atoms with van der Waals surface area (Å²) in [6.45, 7) is 1.82. The third kappa shape index (κ3) is 2.25. The summed E-state index contributed by atoms with van der Waals surface area (Å²) in [6.07, 6.45) is 1.42. The molecule has 0 saturated heterocycles. The number of pyridine rings is 1. The number of alkyl halides is 1. The molecule has 1 aromatic heterocycles. The summed E-state index contributed by atoms with van der Waals surface area (Å²) in [5, 5.41) is 1.49. The van der Waals surface area contributed by atoms with Crippen molar-refractivity contribution in [1.82, 2.24) is 4.98 Å². The average molecular weight is 233 g/mol. The van der Waals surface area contributed by atoms with Crippen LogP contribution in [0.3, 0.4) is 0 Å². The predicted molar refractivity (Wildman–Crippen MR) is 62.2 cm³/mol. The molecule has 88 valence electrons. The highest BCUT2D eigenvalue weighted by atomic mass is 19.1. The van der Waals surface area contributed by atoms with Crippen molar-refractivity contribution < 1.29 is 13.9 Å². The number of carbonyl (C=O) groups excluding carboxylic acids is 1. The first-order chi connectivity index (χ1) is 8.24. The third-order valence-corrected chi connectivity index (χ3v) is 2.48. The standard InChI is InChI=1S/C13H12FNO2/c1-2-17-13(16)12(14)10-5-3-4-9-6-7-15-8-11(9)10/h3-8,12H,2H2,1H3. The molecule has 17 heavy (non-hydrogen) atoms. The molecule has 0 spiro atoms. The van der Waals surface area contributed by atoms with Crippen LogP contribution in [-0.2, 0) is 9.53 Å². The Morgan fingerprint density at radius 1 is 1.47 bits per heavy atom. The zero-order valence-electron chi connectivity index (χ0n) is 9.39. The molecule has 0 N–H and O–H groups in total. The molecule has 1 heterocycles. The Hall–Kier alpha value is -1.97. The Morgan fingerprint density at radius 2 is 2.29 bits per heavy atom. The molecule has 1 unspecified atom stereocenters. The van der Waals surface area contributed by atoms with Crippen molar-refractivity contribution in [3.05, 3.63) is 42.2 Å². The minimum Gasteiger partial charge on any atom is -0.464 e. The molecule has 3 nitrogen and oxygen atoms in total. The fourth-order valence-electron chi connectivity index (χ4n) is 1.70. The van der Waals surface area contributed by atoms with Crippen LogP contribution in [0.5, 0.6) is 0 Å². The molecule has 0 amide bonds. The lowest BCUT2D eigenvalue weighted by Crippen LogP contribution is -2.12. The van der Waals surface area contributed by atoms with Gasteiger partial charge in [-0.1, -0.05) is 18.2 Å². The second kappa shape index (κ2) is 4.91. The maximum absolute atomic E-state index is 13.9. The summed E-state index contributed by atoms with van der Waals surface area (Å²) >= 11 is 0. The van der Waals surface area contributed by atoms with Crippen LogP contribution < -0.4 is 0 Å². The number of fused-ring (bicyclic) bond motifs is 1. The molecule has 0 aliphatic carbocycles. The SMILES string of the molecule is CCOC(=O)C(F)c1cccc2ccncc12. The van der Waals surface area contributed by atoms with Crippen LogP contribution in [0.25, 0.3) is 10.8 Å². The maximum atomic E-state index is 13.9. The van der Waals surface area contributed by atoms with E-state index in [1.807, 2.05) is 6.07 Å². The van der Waals surface area contributed by atoms with Gasteiger partial charge >= 0.3 is 5.97 Å². The van der Waals surface area contributed by atoms with Crippen LogP contribution >= 0.6 is 0 Å². The number of aromatic nitrogens is 1. The monoisotopic (exact) mass is 233 g/mol. The minimum atomic E-state index is -1.76. The summed E-state index contributed by atoms with van der Waals surface area (Å²) in [4.78, 5) is 15.3. The maximum Gasteiger partial charge on any atom is 0.345 e. The van der Waals surface area contributed by atoms with Crippen molar-refractivity contribution in [1.29, 1.82) is 0 Å². The minimum absolute atomic E-state index is 0.169. The Labute approximate surface area is 98.2 Å². The molecule has 0 radical (unpaired) electrons. The number of nitrogens with zero attached hydrogens (tertiary/aromatic N) is 1. The molecule has 2 aromatic rings. The van der Waals surface area contributed by atoms with Gasteiger partial charge in [-0.3, -0.25) is 4.98 Å². The van der Waals surface area contributed by atoms with Gasteiger partial charge in [-0.2, -0.15) is 0 Å². The van der Waals surface area contributed by atoms with E-state index in [1.54, 1.807) is 37.5 Å². The summed E-state index contributed by atoms with van der Waals surface area (Å²) in [7, 11) is 0. The van der Waals surface area contributed by atoms with E-state index < -0.39 is 12.1 Å². The summed E-state index contributed by atoms with van der Waals surface area (Å²) in [5.41, 5.74) is 0.300. The first-order valence-corrected chi connectivity index (χ1v) is 5.37. The third-order valence-electron chi connectivity index (χ3n) is 2.48. The van der Waals surface area contributed by atoms with Crippen LogP contribution in [0.1, 0.15) is 18.7 Å². The van der Waals surface area contributed by atoms with Gasteiger partial charge in [0.1, 0.15) is 0 Å². The first kappa shape index (κ1) is 11.5. The van der Waals surface area contributed by atoms with Crippen molar-refractivity contribution in [3.8, 4) is 0 Å². The van der Waals surface area contributed by atoms with E-state index in [0.717, 1.165) is 5.39 Å². The van der Waals surface area contributed by atoms with E-state index in [0.29, 0.717) is 10.9 Å². The number of rotatable bonds is 3. The zero-order chi connectivity index (χ0) is 12.3. The van der Waals surface area contributed by atoms with Gasteiger partial charge in [0, 0.05) is 23.3 Å². The lowest BCUT2D eigenvalue weighted by Gasteiger charge is -2.10. The second-order valence-electron chi connectivity index (χ2n) is 3.56. The lowest BCUT2D eigenvalue weighted by molar-refractivity contribution is -0.149. The number of hydrogen-bond donors (Lipinski definition) is 0. The number of halogens is 1. The van der Waals surface area contributed by atoms with Crippen molar-refractivity contribution in [2.75, 3.05) is 6.61 Å². The van der Waals surface area contributed by atoms with Crippen LogP contribution in [0.2, 0.25) is 0 Å². The number of hydrogen-bond acceptors (Lipinski definition) is 3. The van der Waals surface area contributed by atoms with E-state index >= 15 is 0 Å². The Balaban J connectivity index is 2.44. The highest BCUT2D eigenvalue weighted by Gasteiger charge is 2.22. The van der Waals surface area contributed by atoms with E-state index in [9.17, 15) is 9.18 Å². The van der Waals surface area contributed by atoms with Crippen molar-refractivity contribution in [2.24, 2.45) is 0 Å². The van der Waals surface area contributed by atoms with Gasteiger partial charge in [-0.05, 0) is 18.4 Å². The van der Waals surface area contributed by atoms with Gasteiger partial charge in [0.25, 0.3) is 0 Å². The predicted octanol–water partition coefficient (Wildman–Crippen LogP) is 2.81. The largest absolute Gasteiger partial charge is 0.464 e. The average Bonchev–Trinajstić information content (AvgIpc) is 2.37. The van der Waals surface area contributed by atoms with Crippen LogP contribution in [0.4, 0.5) is 4.39 Å². The van der Waals surface area contributed by atoms with Crippen molar-refractivity contribution >= 4 is 16.7 Å². The van der Waals surface area contributed by atoms with E-state index in [4.69, 9.17) is 0 Å². The van der Waals surface area contributed by atoms with Gasteiger partial charge in [0.2, 0.25) is 6.17 Å². The number of carbonyl (C=O) groups is 1. The molecule has 0 bridgehead atoms. The van der Waals surface area contributed by atoms with Gasteiger partial charge in [0.05, 0.1) is 6.61 Å². The molecule has 4 heteroatoms. The fraction of sp³-hybridized carbons (Fsp3) is 0.231. The van der Waals surface area contributed by atoms with Crippen LogP contribution in [0, 0.1) is 0 Å². The van der Waals surface area contributed by atoms with E-state index in [-0.39, 0.29) is 6.61 Å². The first-order valence-electron chi connectivity index (χ1n) is 5.37. The molecule has 1 atom stereocenters. The number of benzene rings is 1. The Morgan fingerprint density at radius 3 is 3.06 bits per heavy atom. The lowest BCUT2D eigenvalue weighted by atomic mass is 10.0. The van der Waals surface area contributed by atoms with Crippen LogP contribution in [-0.4, -0.2) is 17.6 Å². The molecular weight excluding hydrogens is 221 g/mol. The molecule has 0 saturated carbocycles. The Bertz CT molecular complexity index is 536. The number of esters is 1. The zero-order valence-corrected chi connectivity index (χ0v) is 9.39. The smallest absolute Gasteiger partial charge is 0.345 e. The van der Waals surface area contributed by atoms with Crippen LogP contribution in [0.15, 0.2) is 36.7 Å². The highest BCUT2D eigenvalue weighted by Crippen LogP contribution is 2.26. The molecule has 2 rings (SSSR count). The van der Waals surface area contributed by atoms with Gasteiger partial charge in [-0.15, -0.1) is 0 Å². The molecule has 1 aromatic carbocycles. The Kier molecular flexibility index (Phi) is 3.32. The molecule has 0 aliphatic rings. The van der Waals surface area contributed by atoms with E-state index in [1.165, 1.54) is 0 Å². The van der Waals surface area contributed by atoms with Gasteiger partial charge in [0.15, 0.2) is 0 Å². The summed E-state index contributed by atoms with van der Waals surface area (Å²) in [5.74, 6) is -0.858. The highest BCUT2D eigenvalue weighted by molar-refractivity contribution is 5.89. The number of ether oxygens (including phenoxy) is 1. The van der Waals surface area contributed by atoms with Crippen molar-refractivity contribution in [2.45, 2.75) is 13.1 Å². The topological polar surface area (TPSA) is 39.2 Å². The van der Waals surface area contributed by atoms with E-state index in [2.05, 4.69) is 9.72 Å². The van der Waals surface area contributed by atoms with Gasteiger partial charge < -0.3 is 4.74 Å². The molecular formula is C13H12FNO2. The normalized spacial score (nSPS) is 12.4. The van der Waals surface area contributed by atoms with Crippen molar-refractivity contribution in [3.63, 3.8) is 0 Å². The quantitative estimate of drug-likeness (QED) is 0.765.